The second-order valence-corrected chi connectivity index (χ2v) is 6.18. The Balaban J connectivity index is 1.75. The topological polar surface area (TPSA) is 79.3 Å². The first-order valence-electron chi connectivity index (χ1n) is 6.41. The zero-order valence-electron chi connectivity index (χ0n) is 11.1. The van der Waals surface area contributed by atoms with E-state index in [0.29, 0.717) is 13.0 Å². The second kappa shape index (κ2) is 5.28. The SMILES string of the molecule is CC[C@]1(C)C[C@H]1C(=O)NCCc1nc(C(=O)O)cs1. The number of carboxylic acids is 1. The summed E-state index contributed by atoms with van der Waals surface area (Å²) in [5, 5.41) is 13.9. The van der Waals surface area contributed by atoms with Crippen LogP contribution in [0.5, 0.6) is 0 Å². The van der Waals surface area contributed by atoms with Crippen LogP contribution in [0.25, 0.3) is 0 Å². The van der Waals surface area contributed by atoms with Gasteiger partial charge in [0, 0.05) is 24.3 Å². The molecule has 0 saturated heterocycles. The van der Waals surface area contributed by atoms with Gasteiger partial charge in [-0.2, -0.15) is 0 Å². The number of aromatic carboxylic acids is 1. The van der Waals surface area contributed by atoms with E-state index in [0.717, 1.165) is 17.8 Å². The molecular weight excluding hydrogens is 264 g/mol. The number of nitrogens with zero attached hydrogens (tertiary/aromatic N) is 1. The highest BCUT2D eigenvalue weighted by Crippen LogP contribution is 2.54. The van der Waals surface area contributed by atoms with E-state index in [9.17, 15) is 9.59 Å². The van der Waals surface area contributed by atoms with Crippen LogP contribution in [0, 0.1) is 11.3 Å². The zero-order chi connectivity index (χ0) is 14.0. The summed E-state index contributed by atoms with van der Waals surface area (Å²) in [7, 11) is 0. The number of carbonyl (C=O) groups excluding carboxylic acids is 1. The molecule has 1 aromatic rings. The maximum Gasteiger partial charge on any atom is 0.355 e. The van der Waals surface area contributed by atoms with E-state index >= 15 is 0 Å². The van der Waals surface area contributed by atoms with Crippen molar-refractivity contribution in [1.82, 2.24) is 10.3 Å². The van der Waals surface area contributed by atoms with Gasteiger partial charge in [-0.25, -0.2) is 9.78 Å². The van der Waals surface area contributed by atoms with Gasteiger partial charge in [0.15, 0.2) is 5.69 Å². The molecule has 19 heavy (non-hydrogen) atoms. The molecule has 0 spiro atoms. The molecule has 1 fully saturated rings. The van der Waals surface area contributed by atoms with Crippen LogP contribution in [-0.2, 0) is 11.2 Å². The third-order valence-corrected chi connectivity index (χ3v) is 4.79. The standard InChI is InChI=1S/C13H18N2O3S/c1-3-13(2)6-8(13)11(16)14-5-4-10-15-9(7-19-10)12(17)18/h7-8H,3-6H2,1-2H3,(H,14,16)(H,17,18)/t8-,13+/m0/s1. The summed E-state index contributed by atoms with van der Waals surface area (Å²) in [6.45, 7) is 4.76. The molecule has 1 aliphatic carbocycles. The molecule has 0 bridgehead atoms. The molecule has 1 saturated carbocycles. The molecule has 1 aliphatic rings. The average molecular weight is 282 g/mol. The number of aromatic nitrogens is 1. The fourth-order valence-electron chi connectivity index (χ4n) is 2.15. The molecule has 2 rings (SSSR count). The number of amides is 1. The minimum Gasteiger partial charge on any atom is -0.476 e. The number of nitrogens with one attached hydrogen (secondary N) is 1. The highest BCUT2D eigenvalue weighted by atomic mass is 32.1. The summed E-state index contributed by atoms with van der Waals surface area (Å²) in [6, 6.07) is 0. The fraction of sp³-hybridized carbons (Fsp3) is 0.615. The van der Waals surface area contributed by atoms with Crippen molar-refractivity contribution in [2.75, 3.05) is 6.54 Å². The Hall–Kier alpha value is -1.43. The summed E-state index contributed by atoms with van der Waals surface area (Å²) < 4.78 is 0. The maximum atomic E-state index is 11.9. The van der Waals surface area contributed by atoms with Crippen LogP contribution in [0.3, 0.4) is 0 Å². The summed E-state index contributed by atoms with van der Waals surface area (Å²) in [5.41, 5.74) is 0.258. The molecule has 2 atom stereocenters. The number of rotatable bonds is 6. The van der Waals surface area contributed by atoms with Crippen molar-refractivity contribution in [3.8, 4) is 0 Å². The first-order valence-corrected chi connectivity index (χ1v) is 7.29. The molecule has 0 unspecified atom stereocenters. The van der Waals surface area contributed by atoms with Gasteiger partial charge in [-0.3, -0.25) is 4.79 Å². The smallest absolute Gasteiger partial charge is 0.355 e. The van der Waals surface area contributed by atoms with Gasteiger partial charge in [-0.1, -0.05) is 13.8 Å². The number of carboxylic acid groups (broad SMARTS) is 1. The fourth-order valence-corrected chi connectivity index (χ4v) is 2.92. The average Bonchev–Trinajstić information content (AvgIpc) is 2.85. The first kappa shape index (κ1) is 14.0. The summed E-state index contributed by atoms with van der Waals surface area (Å²) in [6.07, 6.45) is 2.58. The van der Waals surface area contributed by atoms with Crippen molar-refractivity contribution in [3.63, 3.8) is 0 Å². The number of carbonyl (C=O) groups is 2. The van der Waals surface area contributed by atoms with E-state index in [1.54, 1.807) is 0 Å². The summed E-state index contributed by atoms with van der Waals surface area (Å²) in [4.78, 5) is 26.5. The van der Waals surface area contributed by atoms with Crippen molar-refractivity contribution in [2.45, 2.75) is 33.1 Å². The zero-order valence-corrected chi connectivity index (χ0v) is 11.9. The Morgan fingerprint density at radius 2 is 2.37 bits per heavy atom. The third-order valence-electron chi connectivity index (χ3n) is 3.88. The van der Waals surface area contributed by atoms with E-state index < -0.39 is 5.97 Å². The van der Waals surface area contributed by atoms with Crippen molar-refractivity contribution in [1.29, 1.82) is 0 Å². The Morgan fingerprint density at radius 3 is 2.89 bits per heavy atom. The van der Waals surface area contributed by atoms with Crippen LogP contribution in [-0.4, -0.2) is 28.5 Å². The van der Waals surface area contributed by atoms with Gasteiger partial charge in [0.2, 0.25) is 5.91 Å². The van der Waals surface area contributed by atoms with Crippen molar-refractivity contribution < 1.29 is 14.7 Å². The van der Waals surface area contributed by atoms with Crippen LogP contribution >= 0.6 is 11.3 Å². The van der Waals surface area contributed by atoms with Gasteiger partial charge < -0.3 is 10.4 Å². The quantitative estimate of drug-likeness (QED) is 0.835. The molecule has 0 radical (unpaired) electrons. The summed E-state index contributed by atoms with van der Waals surface area (Å²) in [5.74, 6) is -0.758. The predicted molar refractivity (Wildman–Crippen MR) is 72.3 cm³/mol. The van der Waals surface area contributed by atoms with Crippen LogP contribution in [0.2, 0.25) is 0 Å². The van der Waals surface area contributed by atoms with E-state index in [1.807, 2.05) is 0 Å². The van der Waals surface area contributed by atoms with Gasteiger partial charge in [0.1, 0.15) is 0 Å². The predicted octanol–water partition coefficient (Wildman–Crippen LogP) is 1.94. The van der Waals surface area contributed by atoms with E-state index in [4.69, 9.17) is 5.11 Å². The van der Waals surface area contributed by atoms with Crippen molar-refractivity contribution >= 4 is 23.2 Å². The lowest BCUT2D eigenvalue weighted by Crippen LogP contribution is -2.28. The number of hydrogen-bond acceptors (Lipinski definition) is 4. The molecule has 0 aromatic carbocycles. The molecule has 104 valence electrons. The second-order valence-electron chi connectivity index (χ2n) is 5.24. The lowest BCUT2D eigenvalue weighted by molar-refractivity contribution is -0.123. The molecule has 1 heterocycles. The Bertz CT molecular complexity index is 500. The number of hydrogen-bond donors (Lipinski definition) is 2. The molecule has 2 N–H and O–H groups in total. The molecule has 5 nitrogen and oxygen atoms in total. The Morgan fingerprint density at radius 1 is 1.63 bits per heavy atom. The first-order chi connectivity index (χ1) is 8.96. The minimum absolute atomic E-state index is 0.0760. The van der Waals surface area contributed by atoms with Crippen molar-refractivity contribution in [3.05, 3.63) is 16.1 Å². The van der Waals surface area contributed by atoms with Gasteiger partial charge in [0.25, 0.3) is 0 Å². The summed E-state index contributed by atoms with van der Waals surface area (Å²) >= 11 is 1.31. The van der Waals surface area contributed by atoms with Gasteiger partial charge in [-0.15, -0.1) is 11.3 Å². The monoisotopic (exact) mass is 282 g/mol. The minimum atomic E-state index is -1.01. The lowest BCUT2D eigenvalue weighted by atomic mass is 10.0. The third kappa shape index (κ3) is 3.12. The maximum absolute atomic E-state index is 11.9. The molecular formula is C13H18N2O3S. The molecule has 1 amide bonds. The largest absolute Gasteiger partial charge is 0.476 e. The number of thiazole rings is 1. The van der Waals surface area contributed by atoms with Gasteiger partial charge >= 0.3 is 5.97 Å². The van der Waals surface area contributed by atoms with Crippen LogP contribution in [0.1, 0.15) is 42.2 Å². The van der Waals surface area contributed by atoms with Gasteiger partial charge in [-0.05, 0) is 18.3 Å². The molecule has 1 aromatic heterocycles. The van der Waals surface area contributed by atoms with E-state index in [2.05, 4.69) is 24.1 Å². The Kier molecular flexibility index (Phi) is 3.89. The van der Waals surface area contributed by atoms with Gasteiger partial charge in [0.05, 0.1) is 5.01 Å². The highest BCUT2D eigenvalue weighted by Gasteiger charge is 2.52. The van der Waals surface area contributed by atoms with Crippen LogP contribution in [0.4, 0.5) is 0 Å². The normalized spacial score (nSPS) is 25.1. The van der Waals surface area contributed by atoms with E-state index in [-0.39, 0.29) is 22.9 Å². The lowest BCUT2D eigenvalue weighted by Gasteiger charge is -2.07. The molecule has 6 heteroatoms. The van der Waals surface area contributed by atoms with Crippen molar-refractivity contribution in [2.24, 2.45) is 11.3 Å². The van der Waals surface area contributed by atoms with Crippen LogP contribution in [0.15, 0.2) is 5.38 Å². The molecule has 0 aliphatic heterocycles. The highest BCUT2D eigenvalue weighted by molar-refractivity contribution is 7.09. The Labute approximate surface area is 116 Å². The van der Waals surface area contributed by atoms with E-state index in [1.165, 1.54) is 16.7 Å². The van der Waals surface area contributed by atoms with Crippen LogP contribution < -0.4 is 5.32 Å².